The first-order valence-electron chi connectivity index (χ1n) is 17.9. The number of rotatable bonds is 10. The zero-order chi connectivity index (χ0) is 35.3. The highest BCUT2D eigenvalue weighted by molar-refractivity contribution is 6.62. The van der Waals surface area contributed by atoms with E-state index in [1.807, 2.05) is 6.20 Å². The Balaban J connectivity index is 1.52. The van der Waals surface area contributed by atoms with Crippen LogP contribution in [0, 0.1) is 5.41 Å². The van der Waals surface area contributed by atoms with Crippen LogP contribution in [0.2, 0.25) is 0 Å². The van der Waals surface area contributed by atoms with E-state index < -0.39 is 18.3 Å². The number of piperazine rings is 1. The van der Waals surface area contributed by atoms with Gasteiger partial charge in [-0.05, 0) is 71.1 Å². The van der Waals surface area contributed by atoms with Crippen molar-refractivity contribution < 1.29 is 28.3 Å². The van der Waals surface area contributed by atoms with Crippen LogP contribution in [0.3, 0.4) is 0 Å². The zero-order valence-corrected chi connectivity index (χ0v) is 31.2. The molecule has 0 spiro atoms. The van der Waals surface area contributed by atoms with Gasteiger partial charge in [0.2, 0.25) is 0 Å². The lowest BCUT2D eigenvalue weighted by molar-refractivity contribution is -0.143. The number of aryl methyl sites for hydroxylation is 1. The highest BCUT2D eigenvalue weighted by atomic mass is 16.7. The fraction of sp³-hybridized carbons (Fsp3) is 0.632. The first-order chi connectivity index (χ1) is 23.1. The molecule has 266 valence electrons. The molecule has 0 amide bonds. The van der Waals surface area contributed by atoms with E-state index in [2.05, 4.69) is 94.0 Å². The van der Waals surface area contributed by atoms with Gasteiger partial charge in [0.1, 0.15) is 0 Å². The van der Waals surface area contributed by atoms with Crippen molar-refractivity contribution in [1.82, 2.24) is 14.5 Å². The maximum atomic E-state index is 11.9. The van der Waals surface area contributed by atoms with Crippen LogP contribution < -0.4 is 10.4 Å². The predicted octanol–water partition coefficient (Wildman–Crippen LogP) is 5.38. The van der Waals surface area contributed by atoms with Gasteiger partial charge in [-0.1, -0.05) is 26.0 Å². The van der Waals surface area contributed by atoms with Gasteiger partial charge in [0.15, 0.2) is 0 Å². The topological polar surface area (TPSA) is 87.5 Å². The third-order valence-corrected chi connectivity index (χ3v) is 11.1. The van der Waals surface area contributed by atoms with Crippen LogP contribution in [0.15, 0.2) is 30.5 Å². The van der Waals surface area contributed by atoms with Crippen molar-refractivity contribution in [3.05, 3.63) is 41.7 Å². The van der Waals surface area contributed by atoms with Crippen molar-refractivity contribution >= 4 is 35.1 Å². The summed E-state index contributed by atoms with van der Waals surface area (Å²) in [4.78, 5) is 22.1. The highest BCUT2D eigenvalue weighted by Gasteiger charge is 2.51. The number of fused-ring (bicyclic) bond motifs is 2. The molecule has 49 heavy (non-hydrogen) atoms. The zero-order valence-electron chi connectivity index (χ0n) is 31.2. The van der Waals surface area contributed by atoms with E-state index in [1.54, 1.807) is 7.11 Å². The first kappa shape index (κ1) is 35.9. The second-order valence-corrected chi connectivity index (χ2v) is 15.8. The minimum absolute atomic E-state index is 0.224. The molecule has 6 rings (SSSR count). The number of carbonyl (C=O) groups is 1. The van der Waals surface area contributed by atoms with Crippen LogP contribution in [0.1, 0.15) is 79.7 Å². The van der Waals surface area contributed by atoms with Crippen molar-refractivity contribution in [2.75, 3.05) is 58.0 Å². The average Bonchev–Trinajstić information content (AvgIpc) is 3.49. The molecule has 2 aromatic heterocycles. The molecule has 11 heteroatoms. The molecule has 3 fully saturated rings. The number of morpholine rings is 1. The summed E-state index contributed by atoms with van der Waals surface area (Å²) < 4.78 is 32.8. The molecule has 1 aromatic carbocycles. The Kier molecular flexibility index (Phi) is 9.98. The van der Waals surface area contributed by atoms with Crippen LogP contribution in [0.5, 0.6) is 0 Å². The van der Waals surface area contributed by atoms with Gasteiger partial charge >= 0.3 is 13.1 Å². The van der Waals surface area contributed by atoms with Crippen LogP contribution in [0.4, 0.5) is 5.69 Å². The minimum Gasteiger partial charge on any atom is -0.465 e. The number of pyridine rings is 1. The molecule has 1 unspecified atom stereocenters. The fourth-order valence-corrected chi connectivity index (χ4v) is 7.45. The first-order valence-corrected chi connectivity index (χ1v) is 17.9. The molecule has 0 saturated carbocycles. The van der Waals surface area contributed by atoms with Gasteiger partial charge in [-0.15, -0.1) is 0 Å². The second kappa shape index (κ2) is 13.6. The fourth-order valence-electron chi connectivity index (χ4n) is 7.45. The van der Waals surface area contributed by atoms with E-state index in [1.165, 1.54) is 12.5 Å². The lowest BCUT2D eigenvalue weighted by Gasteiger charge is -2.44. The molecule has 10 nitrogen and oxygen atoms in total. The van der Waals surface area contributed by atoms with Crippen LogP contribution >= 0.6 is 0 Å². The standard InChI is InChI=1S/C38H55BN4O6/c1-11-43-33-13-12-27(39-48-37(6,7)38(8,9)49-39)18-30(33)32(20-36(4,5)24-47-26(3)44)35(43)31-19-28(21-40-34(31)25(2)45-10)42-15-14-41-16-17-46-23-29(41)22-42/h12-13,18-19,21,25,29H,11,14-17,20,22-24H2,1-10H3/t25-,29?/m0/s1. The lowest BCUT2D eigenvalue weighted by Crippen LogP contribution is -2.58. The molecule has 2 atom stereocenters. The quantitative estimate of drug-likeness (QED) is 0.208. The van der Waals surface area contributed by atoms with Crippen LogP contribution in [-0.2, 0) is 41.3 Å². The minimum atomic E-state index is -0.485. The van der Waals surface area contributed by atoms with E-state index in [0.717, 1.165) is 84.9 Å². The Bertz CT molecular complexity index is 1670. The van der Waals surface area contributed by atoms with Gasteiger partial charge in [0.25, 0.3) is 0 Å². The molecule has 3 saturated heterocycles. The summed E-state index contributed by atoms with van der Waals surface area (Å²) in [6, 6.07) is 9.26. The predicted molar refractivity (Wildman–Crippen MR) is 194 cm³/mol. The summed E-state index contributed by atoms with van der Waals surface area (Å²) in [5.41, 5.74) is 6.22. The summed E-state index contributed by atoms with van der Waals surface area (Å²) in [6.45, 7) is 24.8. The Morgan fingerprint density at radius 2 is 1.86 bits per heavy atom. The summed E-state index contributed by atoms with van der Waals surface area (Å²) in [5, 5.41) is 1.13. The molecule has 0 N–H and O–H groups in total. The third kappa shape index (κ3) is 7.02. The van der Waals surface area contributed by atoms with Gasteiger partial charge < -0.3 is 33.0 Å². The average molecular weight is 675 g/mol. The molecular weight excluding hydrogens is 619 g/mol. The molecule has 0 aliphatic carbocycles. The van der Waals surface area contributed by atoms with Gasteiger partial charge in [0.05, 0.1) is 66.4 Å². The summed E-state index contributed by atoms with van der Waals surface area (Å²) in [6.07, 6.45) is 2.46. The van der Waals surface area contributed by atoms with Crippen molar-refractivity contribution in [3.8, 4) is 11.3 Å². The maximum Gasteiger partial charge on any atom is 0.494 e. The van der Waals surface area contributed by atoms with Crippen molar-refractivity contribution in [1.29, 1.82) is 0 Å². The van der Waals surface area contributed by atoms with Crippen LogP contribution in [0.25, 0.3) is 22.2 Å². The molecule has 0 bridgehead atoms. The smallest absolute Gasteiger partial charge is 0.465 e. The SMILES string of the molecule is CCn1c(-c2cc(N3CCN4CCOCC4C3)cnc2[C@H](C)OC)c(CC(C)(C)COC(C)=O)c2cc(B3OC(C)(C)C(C)(C)O3)ccc21. The Morgan fingerprint density at radius 1 is 1.12 bits per heavy atom. The van der Waals surface area contributed by atoms with E-state index >= 15 is 0 Å². The van der Waals surface area contributed by atoms with Crippen molar-refractivity contribution in [2.45, 2.75) is 98.6 Å². The number of hydrogen-bond donors (Lipinski definition) is 0. The van der Waals surface area contributed by atoms with E-state index in [0.29, 0.717) is 19.1 Å². The molecule has 5 heterocycles. The van der Waals surface area contributed by atoms with Crippen LogP contribution in [-0.4, -0.2) is 97.9 Å². The Morgan fingerprint density at radius 3 is 2.53 bits per heavy atom. The van der Waals surface area contributed by atoms with Gasteiger partial charge in [-0.3, -0.25) is 14.7 Å². The largest absolute Gasteiger partial charge is 0.494 e. The third-order valence-electron chi connectivity index (χ3n) is 11.1. The number of nitrogens with zero attached hydrogens (tertiary/aromatic N) is 4. The Hall–Kier alpha value is -2.96. The number of methoxy groups -OCH3 is 1. The van der Waals surface area contributed by atoms with Crippen molar-refractivity contribution in [2.24, 2.45) is 5.41 Å². The van der Waals surface area contributed by atoms with Crippen molar-refractivity contribution in [3.63, 3.8) is 0 Å². The van der Waals surface area contributed by atoms with Gasteiger partial charge in [-0.2, -0.15) is 0 Å². The molecular formula is C38H55BN4O6. The normalized spacial score (nSPS) is 21.6. The Labute approximate surface area is 292 Å². The number of aromatic nitrogens is 2. The maximum absolute atomic E-state index is 11.9. The molecule has 3 aliphatic rings. The van der Waals surface area contributed by atoms with Gasteiger partial charge in [0, 0.05) is 68.6 Å². The number of esters is 1. The molecule has 0 radical (unpaired) electrons. The summed E-state index contributed by atoms with van der Waals surface area (Å²) >= 11 is 0. The van der Waals surface area contributed by atoms with E-state index in [4.69, 9.17) is 28.5 Å². The molecule has 3 aliphatic heterocycles. The lowest BCUT2D eigenvalue weighted by atomic mass is 9.77. The number of anilines is 1. The number of hydrogen-bond acceptors (Lipinski definition) is 9. The van der Waals surface area contributed by atoms with E-state index in [9.17, 15) is 4.79 Å². The summed E-state index contributed by atoms with van der Waals surface area (Å²) in [5.74, 6) is -0.274. The highest BCUT2D eigenvalue weighted by Crippen LogP contribution is 2.42. The van der Waals surface area contributed by atoms with Gasteiger partial charge in [-0.25, -0.2) is 0 Å². The number of ether oxygens (including phenoxy) is 3. The number of benzene rings is 1. The van der Waals surface area contributed by atoms with E-state index in [-0.39, 0.29) is 17.5 Å². The number of carbonyl (C=O) groups excluding carboxylic acids is 1. The summed E-state index contributed by atoms with van der Waals surface area (Å²) in [7, 11) is 1.25. The monoisotopic (exact) mass is 674 g/mol. The molecule has 3 aromatic rings. The second-order valence-electron chi connectivity index (χ2n) is 15.8.